The molecular formula is C10H11ClN4. The molecule has 15 heavy (non-hydrogen) atoms. The van der Waals surface area contributed by atoms with Gasteiger partial charge in [0.1, 0.15) is 17.1 Å². The van der Waals surface area contributed by atoms with E-state index in [0.717, 1.165) is 24.3 Å². The van der Waals surface area contributed by atoms with Gasteiger partial charge in [-0.1, -0.05) is 11.6 Å². The largest absolute Gasteiger partial charge is 0.309 e. The molecule has 0 saturated carbocycles. The minimum absolute atomic E-state index is 0.303. The fourth-order valence-corrected chi connectivity index (χ4v) is 2.33. The molecule has 5 heteroatoms. The Morgan fingerprint density at radius 3 is 3.20 bits per heavy atom. The van der Waals surface area contributed by atoms with Crippen molar-refractivity contribution >= 4 is 17.2 Å². The highest BCUT2D eigenvalue weighted by Gasteiger charge is 2.22. The van der Waals surface area contributed by atoms with E-state index in [-0.39, 0.29) is 0 Å². The Balaban J connectivity index is 2.14. The van der Waals surface area contributed by atoms with Crippen LogP contribution in [0.5, 0.6) is 0 Å². The Morgan fingerprint density at radius 2 is 2.47 bits per heavy atom. The van der Waals surface area contributed by atoms with Crippen LogP contribution in [0.25, 0.3) is 5.65 Å². The van der Waals surface area contributed by atoms with E-state index in [1.807, 2.05) is 10.5 Å². The second kappa shape index (κ2) is 3.47. The highest BCUT2D eigenvalue weighted by atomic mass is 35.5. The number of imidazole rings is 1. The van der Waals surface area contributed by atoms with Crippen molar-refractivity contribution in [1.29, 1.82) is 0 Å². The Labute approximate surface area is 92.3 Å². The van der Waals surface area contributed by atoms with Gasteiger partial charge in [0.05, 0.1) is 11.7 Å². The van der Waals surface area contributed by atoms with Crippen LogP contribution in [0.2, 0.25) is 5.15 Å². The van der Waals surface area contributed by atoms with Crippen LogP contribution in [-0.2, 0) is 0 Å². The van der Waals surface area contributed by atoms with Gasteiger partial charge in [-0.25, -0.2) is 9.97 Å². The lowest BCUT2D eigenvalue weighted by atomic mass is 10.2. The molecule has 1 aliphatic rings. The highest BCUT2D eigenvalue weighted by molar-refractivity contribution is 6.30. The molecule has 0 amide bonds. The van der Waals surface area contributed by atoms with Crippen LogP contribution in [0.15, 0.2) is 18.6 Å². The van der Waals surface area contributed by atoms with E-state index in [1.54, 1.807) is 12.5 Å². The first kappa shape index (κ1) is 9.12. The maximum absolute atomic E-state index is 6.26. The number of nitrogens with zero attached hydrogens (tertiary/aromatic N) is 3. The Hall–Kier alpha value is -1.13. The Bertz CT molecular complexity index is 487. The Morgan fingerprint density at radius 1 is 1.53 bits per heavy atom. The van der Waals surface area contributed by atoms with Gasteiger partial charge in [0.25, 0.3) is 0 Å². The fourth-order valence-electron chi connectivity index (χ4n) is 2.03. The predicted octanol–water partition coefficient (Wildman–Crippen LogP) is 1.81. The molecule has 1 atom stereocenters. The molecular weight excluding hydrogens is 212 g/mol. The molecule has 4 nitrogen and oxygen atoms in total. The zero-order valence-corrected chi connectivity index (χ0v) is 8.91. The maximum Gasteiger partial charge on any atom is 0.141 e. The monoisotopic (exact) mass is 222 g/mol. The summed E-state index contributed by atoms with van der Waals surface area (Å²) in [6, 6.07) is 2.17. The summed E-state index contributed by atoms with van der Waals surface area (Å²) in [6.45, 7) is 1.05. The van der Waals surface area contributed by atoms with Gasteiger partial charge in [-0.2, -0.15) is 0 Å². The topological polar surface area (TPSA) is 42.2 Å². The number of hydrogen-bond acceptors (Lipinski definition) is 3. The molecule has 1 fully saturated rings. The van der Waals surface area contributed by atoms with Gasteiger partial charge in [0.15, 0.2) is 0 Å². The van der Waals surface area contributed by atoms with Crippen LogP contribution in [-0.4, -0.2) is 20.9 Å². The van der Waals surface area contributed by atoms with Crippen molar-refractivity contribution in [2.75, 3.05) is 6.54 Å². The molecule has 0 radical (unpaired) electrons. The lowest BCUT2D eigenvalue weighted by Gasteiger charge is -2.06. The van der Waals surface area contributed by atoms with Crippen molar-refractivity contribution in [3.63, 3.8) is 0 Å². The molecule has 2 aromatic heterocycles. The third-order valence-electron chi connectivity index (χ3n) is 2.79. The molecule has 2 aromatic rings. The average molecular weight is 223 g/mol. The summed E-state index contributed by atoms with van der Waals surface area (Å²) in [5.41, 5.74) is 1.81. The van der Waals surface area contributed by atoms with Crippen LogP contribution in [0.3, 0.4) is 0 Å². The molecule has 1 aliphatic heterocycles. The minimum atomic E-state index is 0.303. The lowest BCUT2D eigenvalue weighted by Crippen LogP contribution is -2.13. The first-order chi connectivity index (χ1) is 7.36. The van der Waals surface area contributed by atoms with E-state index < -0.39 is 0 Å². The van der Waals surface area contributed by atoms with Crippen LogP contribution < -0.4 is 5.32 Å². The van der Waals surface area contributed by atoms with E-state index >= 15 is 0 Å². The summed E-state index contributed by atoms with van der Waals surface area (Å²) < 4.78 is 1.82. The third-order valence-corrected chi connectivity index (χ3v) is 3.16. The lowest BCUT2D eigenvalue weighted by molar-refractivity contribution is 0.632. The van der Waals surface area contributed by atoms with Gasteiger partial charge in [-0.15, -0.1) is 0 Å². The van der Waals surface area contributed by atoms with Crippen molar-refractivity contribution in [2.45, 2.75) is 18.9 Å². The number of fused-ring (bicyclic) bond motifs is 1. The molecule has 1 N–H and O–H groups in total. The second-order valence-corrected chi connectivity index (χ2v) is 4.10. The van der Waals surface area contributed by atoms with Gasteiger partial charge < -0.3 is 5.32 Å². The zero-order chi connectivity index (χ0) is 10.3. The van der Waals surface area contributed by atoms with E-state index in [0.29, 0.717) is 11.2 Å². The van der Waals surface area contributed by atoms with Gasteiger partial charge in [0, 0.05) is 6.20 Å². The van der Waals surface area contributed by atoms with Gasteiger partial charge in [-0.3, -0.25) is 4.40 Å². The van der Waals surface area contributed by atoms with Gasteiger partial charge in [0.2, 0.25) is 0 Å². The molecule has 1 unspecified atom stereocenters. The van der Waals surface area contributed by atoms with Crippen molar-refractivity contribution in [1.82, 2.24) is 19.7 Å². The molecule has 0 spiro atoms. The number of aromatic nitrogens is 3. The minimum Gasteiger partial charge on any atom is -0.309 e. The number of hydrogen-bond donors (Lipinski definition) is 1. The van der Waals surface area contributed by atoms with Gasteiger partial charge >= 0.3 is 0 Å². The van der Waals surface area contributed by atoms with Gasteiger partial charge in [-0.05, 0) is 25.5 Å². The highest BCUT2D eigenvalue weighted by Crippen LogP contribution is 2.28. The quantitative estimate of drug-likeness (QED) is 0.800. The van der Waals surface area contributed by atoms with Crippen molar-refractivity contribution < 1.29 is 0 Å². The Kier molecular flexibility index (Phi) is 2.11. The molecule has 0 aromatic carbocycles. The SMILES string of the molecule is Clc1c(C2CCCN2)nc2ccncn12. The first-order valence-electron chi connectivity index (χ1n) is 5.07. The van der Waals surface area contributed by atoms with E-state index in [1.165, 1.54) is 6.42 Å². The van der Waals surface area contributed by atoms with E-state index in [4.69, 9.17) is 11.6 Å². The summed E-state index contributed by atoms with van der Waals surface area (Å²) in [7, 11) is 0. The predicted molar refractivity (Wildman–Crippen MR) is 58.0 cm³/mol. The van der Waals surface area contributed by atoms with Crippen LogP contribution in [0, 0.1) is 0 Å². The summed E-state index contributed by atoms with van der Waals surface area (Å²) in [6.07, 6.45) is 5.72. The number of rotatable bonds is 1. The summed E-state index contributed by atoms with van der Waals surface area (Å²) in [5, 5.41) is 4.07. The maximum atomic E-state index is 6.26. The van der Waals surface area contributed by atoms with Crippen LogP contribution in [0.1, 0.15) is 24.6 Å². The molecule has 0 aliphatic carbocycles. The summed E-state index contributed by atoms with van der Waals surface area (Å²) >= 11 is 6.26. The van der Waals surface area contributed by atoms with E-state index in [2.05, 4.69) is 15.3 Å². The van der Waals surface area contributed by atoms with Crippen molar-refractivity contribution in [3.8, 4) is 0 Å². The van der Waals surface area contributed by atoms with Crippen molar-refractivity contribution in [3.05, 3.63) is 29.4 Å². The van der Waals surface area contributed by atoms with Crippen LogP contribution >= 0.6 is 11.6 Å². The van der Waals surface area contributed by atoms with Crippen LogP contribution in [0.4, 0.5) is 0 Å². The second-order valence-electron chi connectivity index (χ2n) is 3.75. The van der Waals surface area contributed by atoms with Crippen molar-refractivity contribution in [2.24, 2.45) is 0 Å². The smallest absolute Gasteiger partial charge is 0.141 e. The number of halogens is 1. The zero-order valence-electron chi connectivity index (χ0n) is 8.15. The molecule has 1 saturated heterocycles. The number of nitrogens with one attached hydrogen (secondary N) is 1. The molecule has 0 bridgehead atoms. The molecule has 3 rings (SSSR count). The third kappa shape index (κ3) is 1.41. The van der Waals surface area contributed by atoms with E-state index in [9.17, 15) is 0 Å². The first-order valence-corrected chi connectivity index (χ1v) is 5.45. The summed E-state index contributed by atoms with van der Waals surface area (Å²) in [4.78, 5) is 8.55. The molecule has 3 heterocycles. The molecule has 78 valence electrons. The normalized spacial score (nSPS) is 21.3. The summed E-state index contributed by atoms with van der Waals surface area (Å²) in [5.74, 6) is 0. The average Bonchev–Trinajstić information content (AvgIpc) is 2.87. The fraction of sp³-hybridized carbons (Fsp3) is 0.400. The standard InChI is InChI=1S/C10H11ClN4/c11-10-9(7-2-1-4-13-7)14-8-3-5-12-6-15(8)10/h3,5-7,13H,1-2,4H2.